The molecule has 0 aromatic heterocycles. The topological polar surface area (TPSA) is 0 Å². The van der Waals surface area contributed by atoms with Gasteiger partial charge in [0.25, 0.3) is 0 Å². The Morgan fingerprint density at radius 2 is 2.10 bits per heavy atom. The zero-order valence-corrected chi connectivity index (χ0v) is 6.07. The summed E-state index contributed by atoms with van der Waals surface area (Å²) in [7, 11) is 0. The van der Waals surface area contributed by atoms with Crippen molar-refractivity contribution in [2.45, 2.75) is 32.1 Å². The summed E-state index contributed by atoms with van der Waals surface area (Å²) >= 11 is 0. The minimum atomic E-state index is 0.660. The summed E-state index contributed by atoms with van der Waals surface area (Å²) in [4.78, 5) is 0. The largest absolute Gasteiger partial charge is 0.144 e. The second-order valence-corrected chi connectivity index (χ2v) is 2.78. The van der Waals surface area contributed by atoms with E-state index in [0.29, 0.717) is 5.92 Å². The quantitative estimate of drug-likeness (QED) is 0.490. The van der Waals surface area contributed by atoms with Gasteiger partial charge in [-0.15, -0.1) is 4.39 Å². The molecule has 55 valence electrons. The molecular weight excluding hydrogens is 127 g/mol. The monoisotopic (exact) mass is 139 g/mol. The van der Waals surface area contributed by atoms with Crippen molar-refractivity contribution in [2.24, 2.45) is 5.92 Å². The van der Waals surface area contributed by atoms with Crippen molar-refractivity contribution in [3.05, 3.63) is 6.42 Å². The summed E-state index contributed by atoms with van der Waals surface area (Å²) in [6.45, 7) is 0. The molecule has 1 aliphatic rings. The molecule has 0 unspecified atom stereocenters. The third-order valence-electron chi connectivity index (χ3n) is 2.02. The van der Waals surface area contributed by atoms with Crippen molar-refractivity contribution in [3.8, 4) is 12.1 Å². The lowest BCUT2D eigenvalue weighted by atomic mass is 9.87. The summed E-state index contributed by atoms with van der Waals surface area (Å²) in [5.74, 6) is 3.15. The molecule has 10 heavy (non-hydrogen) atoms. The van der Waals surface area contributed by atoms with Crippen molar-refractivity contribution < 1.29 is 4.39 Å². The van der Waals surface area contributed by atoms with Crippen LogP contribution in [0.3, 0.4) is 0 Å². The Kier molecular flexibility index (Phi) is 3.29. The maximum absolute atomic E-state index is 11.4. The van der Waals surface area contributed by atoms with Gasteiger partial charge in [0.05, 0.1) is 0 Å². The molecule has 1 heteroatoms. The van der Waals surface area contributed by atoms with Crippen molar-refractivity contribution >= 4 is 0 Å². The Morgan fingerprint density at radius 1 is 1.40 bits per heavy atom. The van der Waals surface area contributed by atoms with Gasteiger partial charge >= 0.3 is 0 Å². The van der Waals surface area contributed by atoms with Gasteiger partial charge in [0, 0.05) is 6.42 Å². The van der Waals surface area contributed by atoms with Crippen molar-refractivity contribution in [1.29, 1.82) is 0 Å². The minimum absolute atomic E-state index is 0.660. The Morgan fingerprint density at radius 3 is 2.70 bits per heavy atom. The first kappa shape index (κ1) is 7.60. The SMILES string of the molecule is FC#CCC1CC[CH]CC1. The first-order valence-electron chi connectivity index (χ1n) is 3.83. The lowest BCUT2D eigenvalue weighted by Gasteiger charge is -2.18. The molecule has 1 saturated carbocycles. The summed E-state index contributed by atoms with van der Waals surface area (Å²) in [6.07, 6.45) is 9.31. The van der Waals surface area contributed by atoms with Crippen LogP contribution >= 0.6 is 0 Å². The zero-order chi connectivity index (χ0) is 7.23. The van der Waals surface area contributed by atoms with E-state index in [2.05, 4.69) is 12.3 Å². The van der Waals surface area contributed by atoms with Gasteiger partial charge in [0.15, 0.2) is 0 Å². The highest BCUT2D eigenvalue weighted by molar-refractivity contribution is 4.93. The molecule has 0 spiro atoms. The molecule has 0 N–H and O–H groups in total. The molecular formula is C9H12F. The molecule has 0 aliphatic heterocycles. The van der Waals surface area contributed by atoms with Crippen LogP contribution in [0.15, 0.2) is 0 Å². The second-order valence-electron chi connectivity index (χ2n) is 2.78. The van der Waals surface area contributed by atoms with Gasteiger partial charge in [0.1, 0.15) is 6.17 Å². The second kappa shape index (κ2) is 4.33. The van der Waals surface area contributed by atoms with Crippen LogP contribution in [0.25, 0.3) is 0 Å². The third kappa shape index (κ3) is 2.39. The Bertz CT molecular complexity index is 135. The average Bonchev–Trinajstić information content (AvgIpc) is 2.03. The molecule has 0 amide bonds. The number of hydrogen-bond donors (Lipinski definition) is 0. The lowest BCUT2D eigenvalue weighted by molar-refractivity contribution is 0.413. The van der Waals surface area contributed by atoms with Gasteiger partial charge in [-0.3, -0.25) is 0 Å². The van der Waals surface area contributed by atoms with Crippen LogP contribution in [0.5, 0.6) is 0 Å². The van der Waals surface area contributed by atoms with Crippen LogP contribution in [0.2, 0.25) is 0 Å². The van der Waals surface area contributed by atoms with E-state index in [4.69, 9.17) is 0 Å². The Hall–Kier alpha value is -0.510. The molecule has 0 nitrogen and oxygen atoms in total. The predicted octanol–water partition coefficient (Wildman–Crippen LogP) is 2.70. The maximum Gasteiger partial charge on any atom is 0.105 e. The molecule has 0 aromatic carbocycles. The fourth-order valence-corrected chi connectivity index (χ4v) is 1.38. The first-order valence-corrected chi connectivity index (χ1v) is 3.83. The highest BCUT2D eigenvalue weighted by atomic mass is 19.1. The number of hydrogen-bond acceptors (Lipinski definition) is 0. The number of halogens is 1. The van der Waals surface area contributed by atoms with E-state index in [1.807, 2.05) is 0 Å². The summed E-state index contributed by atoms with van der Waals surface area (Å²) in [5.41, 5.74) is 0. The smallest absolute Gasteiger partial charge is 0.105 e. The van der Waals surface area contributed by atoms with E-state index in [1.54, 1.807) is 0 Å². The highest BCUT2D eigenvalue weighted by Crippen LogP contribution is 2.24. The van der Waals surface area contributed by atoms with E-state index in [0.717, 1.165) is 6.42 Å². The van der Waals surface area contributed by atoms with E-state index < -0.39 is 0 Å². The van der Waals surface area contributed by atoms with E-state index in [-0.39, 0.29) is 0 Å². The Labute approximate surface area is 61.8 Å². The van der Waals surface area contributed by atoms with Crippen LogP contribution in [-0.4, -0.2) is 0 Å². The van der Waals surface area contributed by atoms with Gasteiger partial charge in [-0.05, 0) is 38.0 Å². The highest BCUT2D eigenvalue weighted by Gasteiger charge is 2.11. The summed E-state index contributed by atoms with van der Waals surface area (Å²) < 4.78 is 11.4. The third-order valence-corrected chi connectivity index (χ3v) is 2.02. The van der Waals surface area contributed by atoms with Crippen molar-refractivity contribution in [3.63, 3.8) is 0 Å². The normalized spacial score (nSPS) is 19.7. The standard InChI is InChI=1S/C9H12F/c10-8-4-7-9-5-2-1-3-6-9/h1,9H,2-3,5-7H2. The molecule has 0 saturated heterocycles. The van der Waals surface area contributed by atoms with Crippen LogP contribution in [-0.2, 0) is 0 Å². The molecule has 1 radical (unpaired) electrons. The molecule has 1 aliphatic carbocycles. The van der Waals surface area contributed by atoms with Gasteiger partial charge in [-0.2, -0.15) is 0 Å². The van der Waals surface area contributed by atoms with E-state index in [1.165, 1.54) is 31.9 Å². The van der Waals surface area contributed by atoms with Crippen molar-refractivity contribution in [2.75, 3.05) is 0 Å². The summed E-state index contributed by atoms with van der Waals surface area (Å²) in [5, 5.41) is 0. The van der Waals surface area contributed by atoms with Gasteiger partial charge in [0.2, 0.25) is 0 Å². The van der Waals surface area contributed by atoms with E-state index in [9.17, 15) is 4.39 Å². The fraction of sp³-hybridized carbons (Fsp3) is 0.667. The van der Waals surface area contributed by atoms with Crippen molar-refractivity contribution in [1.82, 2.24) is 0 Å². The van der Waals surface area contributed by atoms with Gasteiger partial charge in [-0.25, -0.2) is 0 Å². The Balaban J connectivity index is 2.17. The minimum Gasteiger partial charge on any atom is -0.144 e. The molecule has 0 heterocycles. The van der Waals surface area contributed by atoms with Gasteiger partial charge < -0.3 is 0 Å². The molecule has 0 aromatic rings. The van der Waals surface area contributed by atoms with Gasteiger partial charge in [-0.1, -0.05) is 5.92 Å². The molecule has 0 bridgehead atoms. The molecule has 1 rings (SSSR count). The van der Waals surface area contributed by atoms with Crippen LogP contribution < -0.4 is 0 Å². The molecule has 0 atom stereocenters. The lowest BCUT2D eigenvalue weighted by Crippen LogP contribution is -2.04. The molecule has 1 fully saturated rings. The number of rotatable bonds is 1. The average molecular weight is 139 g/mol. The zero-order valence-electron chi connectivity index (χ0n) is 6.07. The van der Waals surface area contributed by atoms with Crippen LogP contribution in [0.4, 0.5) is 4.39 Å². The van der Waals surface area contributed by atoms with Crippen LogP contribution in [0, 0.1) is 24.4 Å². The first-order chi connectivity index (χ1) is 4.93. The summed E-state index contributed by atoms with van der Waals surface area (Å²) in [6, 6.07) is 0. The maximum atomic E-state index is 11.4. The predicted molar refractivity (Wildman–Crippen MR) is 39.8 cm³/mol. The van der Waals surface area contributed by atoms with Crippen LogP contribution in [0.1, 0.15) is 32.1 Å². The van der Waals surface area contributed by atoms with E-state index >= 15 is 0 Å². The fourth-order valence-electron chi connectivity index (χ4n) is 1.38.